The van der Waals surface area contributed by atoms with Crippen molar-refractivity contribution in [2.24, 2.45) is 5.73 Å². The van der Waals surface area contributed by atoms with E-state index < -0.39 is 23.8 Å². The van der Waals surface area contributed by atoms with Crippen LogP contribution in [0.5, 0.6) is 5.75 Å². The Morgan fingerprint density at radius 2 is 1.72 bits per heavy atom. The number of aryl methyl sites for hydroxylation is 1. The summed E-state index contributed by atoms with van der Waals surface area (Å²) < 4.78 is 9.26. The summed E-state index contributed by atoms with van der Waals surface area (Å²) in [5, 5.41) is 3.79. The summed E-state index contributed by atoms with van der Waals surface area (Å²) in [6, 6.07) is 22.7. The lowest BCUT2D eigenvalue weighted by atomic mass is 9.99. The fourth-order valence-electron chi connectivity index (χ4n) is 4.73. The van der Waals surface area contributed by atoms with Crippen LogP contribution in [0.4, 0.5) is 11.4 Å². The third kappa shape index (κ3) is 6.16. The SMILES string of the molecule is CCc1ccc(N(C(=O)c2snc(C(N)=O)c2N)[C@@H](C(=O)NCc2ccc(OC)cc2)c2ccc3ncccc3c2)cc1. The van der Waals surface area contributed by atoms with Gasteiger partial charge in [0.1, 0.15) is 16.7 Å². The minimum Gasteiger partial charge on any atom is -0.497 e. The molecular weight excluding hydrogens is 564 g/mol. The summed E-state index contributed by atoms with van der Waals surface area (Å²) in [6.07, 6.45) is 2.48. The lowest BCUT2D eigenvalue weighted by Crippen LogP contribution is -2.44. The minimum atomic E-state index is -1.12. The molecule has 10 nitrogen and oxygen atoms in total. The van der Waals surface area contributed by atoms with Crippen molar-refractivity contribution in [1.82, 2.24) is 14.7 Å². The van der Waals surface area contributed by atoms with Crippen LogP contribution in [0.3, 0.4) is 0 Å². The first kappa shape index (κ1) is 29.2. The van der Waals surface area contributed by atoms with Crippen LogP contribution >= 0.6 is 11.5 Å². The fraction of sp³-hybridized carbons (Fsp3) is 0.156. The molecule has 0 spiro atoms. The minimum absolute atomic E-state index is 0.00350. The summed E-state index contributed by atoms with van der Waals surface area (Å²) in [4.78, 5) is 46.2. The van der Waals surface area contributed by atoms with Gasteiger partial charge in [0, 0.05) is 23.8 Å². The van der Waals surface area contributed by atoms with E-state index in [-0.39, 0.29) is 22.8 Å². The number of amides is 3. The summed E-state index contributed by atoms with van der Waals surface area (Å²) in [5.41, 5.74) is 15.0. The van der Waals surface area contributed by atoms with E-state index >= 15 is 0 Å². The molecule has 1 atom stereocenters. The Labute approximate surface area is 252 Å². The van der Waals surface area contributed by atoms with E-state index in [2.05, 4.69) is 14.7 Å². The van der Waals surface area contributed by atoms with E-state index in [0.29, 0.717) is 17.0 Å². The molecule has 0 unspecified atom stereocenters. The number of hydrogen-bond acceptors (Lipinski definition) is 8. The maximum Gasteiger partial charge on any atom is 0.273 e. The van der Waals surface area contributed by atoms with E-state index in [0.717, 1.165) is 40.0 Å². The quantitative estimate of drug-likeness (QED) is 0.213. The third-order valence-electron chi connectivity index (χ3n) is 7.07. The highest BCUT2D eigenvalue weighted by Crippen LogP contribution is 2.34. The predicted octanol–water partition coefficient (Wildman–Crippen LogP) is 4.65. The number of ether oxygens (including phenoxy) is 1. The Bertz CT molecular complexity index is 1790. The number of nitrogens with one attached hydrogen (secondary N) is 1. The number of nitrogens with two attached hydrogens (primary N) is 2. The van der Waals surface area contributed by atoms with Crippen LogP contribution in [0, 0.1) is 0 Å². The van der Waals surface area contributed by atoms with E-state index in [1.807, 2.05) is 61.5 Å². The zero-order chi connectivity index (χ0) is 30.5. The van der Waals surface area contributed by atoms with Gasteiger partial charge < -0.3 is 21.5 Å². The van der Waals surface area contributed by atoms with E-state index in [1.54, 1.807) is 37.6 Å². The molecule has 3 amide bonds. The molecule has 43 heavy (non-hydrogen) atoms. The largest absolute Gasteiger partial charge is 0.497 e. The second kappa shape index (κ2) is 12.7. The standard InChI is InChI=1S/C32H30N6O4S/c1-3-19-6-11-23(12-7-19)38(32(41)29-26(33)27(30(34)39)37-43-29)28(22-10-15-25-21(17-22)5-4-16-35-25)31(40)36-18-20-8-13-24(42-2)14-9-20/h4-17,28H,3,18,33H2,1-2H3,(H2,34,39)(H,36,40)/t28-/m1/s1. The first-order valence-electron chi connectivity index (χ1n) is 13.5. The summed E-state index contributed by atoms with van der Waals surface area (Å²) in [7, 11) is 1.58. The van der Waals surface area contributed by atoms with Crippen molar-refractivity contribution in [1.29, 1.82) is 0 Å². The van der Waals surface area contributed by atoms with Gasteiger partial charge in [-0.3, -0.25) is 24.3 Å². The number of carbonyl (C=O) groups is 3. The van der Waals surface area contributed by atoms with Gasteiger partial charge >= 0.3 is 0 Å². The molecule has 3 aromatic carbocycles. The molecule has 0 saturated carbocycles. The van der Waals surface area contributed by atoms with Crippen LogP contribution in [0.2, 0.25) is 0 Å². The van der Waals surface area contributed by atoms with Crippen molar-refractivity contribution in [3.63, 3.8) is 0 Å². The van der Waals surface area contributed by atoms with E-state index in [1.165, 1.54) is 4.90 Å². The number of benzene rings is 3. The molecule has 5 N–H and O–H groups in total. The highest BCUT2D eigenvalue weighted by atomic mass is 32.1. The molecule has 11 heteroatoms. The number of rotatable bonds is 10. The number of methoxy groups -OCH3 is 1. The summed E-state index contributed by atoms with van der Waals surface area (Å²) >= 11 is 0.763. The van der Waals surface area contributed by atoms with Crippen molar-refractivity contribution in [3.05, 3.63) is 112 Å². The van der Waals surface area contributed by atoms with Crippen molar-refractivity contribution in [2.75, 3.05) is 17.7 Å². The van der Waals surface area contributed by atoms with Gasteiger partial charge in [-0.05, 0) is 77.1 Å². The van der Waals surface area contributed by atoms with Gasteiger partial charge in [-0.25, -0.2) is 0 Å². The molecule has 0 aliphatic carbocycles. The summed E-state index contributed by atoms with van der Waals surface area (Å²) in [5.74, 6) is -1.17. The van der Waals surface area contributed by atoms with Crippen molar-refractivity contribution in [2.45, 2.75) is 25.9 Å². The highest BCUT2D eigenvalue weighted by molar-refractivity contribution is 7.09. The average molecular weight is 595 g/mol. The number of nitrogen functional groups attached to an aromatic ring is 1. The van der Waals surface area contributed by atoms with Gasteiger partial charge in [-0.1, -0.05) is 43.3 Å². The predicted molar refractivity (Wildman–Crippen MR) is 167 cm³/mol. The van der Waals surface area contributed by atoms with Gasteiger partial charge in [-0.2, -0.15) is 4.37 Å². The fourth-order valence-corrected chi connectivity index (χ4v) is 5.47. The number of anilines is 2. The van der Waals surface area contributed by atoms with Crippen molar-refractivity contribution >= 4 is 51.5 Å². The highest BCUT2D eigenvalue weighted by Gasteiger charge is 2.36. The van der Waals surface area contributed by atoms with Crippen molar-refractivity contribution in [3.8, 4) is 5.75 Å². The van der Waals surface area contributed by atoms with E-state index in [9.17, 15) is 14.4 Å². The molecule has 0 fully saturated rings. The van der Waals surface area contributed by atoms with Crippen LogP contribution < -0.4 is 26.4 Å². The maximum absolute atomic E-state index is 14.3. The van der Waals surface area contributed by atoms with Crippen LogP contribution in [-0.2, 0) is 17.8 Å². The molecule has 0 aliphatic heterocycles. The molecule has 2 aromatic heterocycles. The van der Waals surface area contributed by atoms with Crippen LogP contribution in [-0.4, -0.2) is 34.2 Å². The Kier molecular flexibility index (Phi) is 8.63. The van der Waals surface area contributed by atoms with Gasteiger partial charge in [0.2, 0.25) is 5.91 Å². The first-order valence-corrected chi connectivity index (χ1v) is 14.3. The maximum atomic E-state index is 14.3. The Morgan fingerprint density at radius 1 is 1.00 bits per heavy atom. The van der Waals surface area contributed by atoms with Gasteiger partial charge in [0.25, 0.3) is 11.8 Å². The number of primary amides is 1. The van der Waals surface area contributed by atoms with Crippen LogP contribution in [0.15, 0.2) is 85.1 Å². The topological polar surface area (TPSA) is 154 Å². The van der Waals surface area contributed by atoms with Gasteiger partial charge in [0.05, 0.1) is 18.3 Å². The lowest BCUT2D eigenvalue weighted by molar-refractivity contribution is -0.122. The molecule has 0 bridgehead atoms. The van der Waals surface area contributed by atoms with E-state index in [4.69, 9.17) is 16.2 Å². The molecule has 5 rings (SSSR count). The average Bonchev–Trinajstić information content (AvgIpc) is 3.43. The zero-order valence-electron chi connectivity index (χ0n) is 23.6. The van der Waals surface area contributed by atoms with Crippen LogP contribution in [0.1, 0.15) is 49.8 Å². The molecule has 0 radical (unpaired) electrons. The van der Waals surface area contributed by atoms with Crippen LogP contribution in [0.25, 0.3) is 10.9 Å². The van der Waals surface area contributed by atoms with Gasteiger partial charge in [-0.15, -0.1) is 0 Å². The Balaban J connectivity index is 1.63. The second-order valence-electron chi connectivity index (χ2n) is 9.76. The third-order valence-corrected chi connectivity index (χ3v) is 7.92. The monoisotopic (exact) mass is 594 g/mol. The molecule has 2 heterocycles. The zero-order valence-corrected chi connectivity index (χ0v) is 24.4. The summed E-state index contributed by atoms with van der Waals surface area (Å²) in [6.45, 7) is 2.24. The molecule has 0 saturated heterocycles. The van der Waals surface area contributed by atoms with Crippen molar-refractivity contribution < 1.29 is 19.1 Å². The molecular formula is C32H30N6O4S. The number of fused-ring (bicyclic) bond motifs is 1. The molecule has 218 valence electrons. The lowest BCUT2D eigenvalue weighted by Gasteiger charge is -2.31. The number of hydrogen-bond donors (Lipinski definition) is 3. The first-order chi connectivity index (χ1) is 20.8. The van der Waals surface area contributed by atoms with Gasteiger partial charge in [0.15, 0.2) is 5.69 Å². The number of pyridine rings is 1. The molecule has 0 aliphatic rings. The Morgan fingerprint density at radius 3 is 2.37 bits per heavy atom. The normalized spacial score (nSPS) is 11.6. The number of nitrogens with zero attached hydrogens (tertiary/aromatic N) is 3. The number of carbonyl (C=O) groups excluding carboxylic acids is 3. The number of aromatic nitrogens is 2. The smallest absolute Gasteiger partial charge is 0.273 e. The molecule has 5 aromatic rings. The Hall–Kier alpha value is -5.29. The second-order valence-corrected chi connectivity index (χ2v) is 10.5.